The van der Waals surface area contributed by atoms with Crippen LogP contribution in [0.3, 0.4) is 0 Å². The summed E-state index contributed by atoms with van der Waals surface area (Å²) in [5.74, 6) is -1.03. The van der Waals surface area contributed by atoms with Gasteiger partial charge in [0.05, 0.1) is 4.90 Å². The summed E-state index contributed by atoms with van der Waals surface area (Å²) in [6.45, 7) is 1.78. The molecule has 0 atom stereocenters. The van der Waals surface area contributed by atoms with Gasteiger partial charge in [0.25, 0.3) is 15.9 Å². The zero-order valence-corrected chi connectivity index (χ0v) is 15.3. The summed E-state index contributed by atoms with van der Waals surface area (Å²) in [7, 11) is -2.63. The number of carbonyl (C=O) groups excluding carboxylic acids is 2. The first-order valence-corrected chi connectivity index (χ1v) is 9.39. The van der Waals surface area contributed by atoms with Gasteiger partial charge >= 0.3 is 0 Å². The number of anilines is 1. The van der Waals surface area contributed by atoms with Crippen LogP contribution < -0.4 is 10.0 Å². The Hall–Kier alpha value is -2.71. The van der Waals surface area contributed by atoms with E-state index in [-0.39, 0.29) is 24.8 Å². The molecule has 0 aliphatic carbocycles. The van der Waals surface area contributed by atoms with Gasteiger partial charge < -0.3 is 10.1 Å². The molecule has 0 fully saturated rings. The molecule has 0 aliphatic heterocycles. The van der Waals surface area contributed by atoms with Gasteiger partial charge in [-0.2, -0.15) is 0 Å². The van der Waals surface area contributed by atoms with Gasteiger partial charge in [-0.25, -0.2) is 13.1 Å². The van der Waals surface area contributed by atoms with Crippen molar-refractivity contribution in [3.05, 3.63) is 59.7 Å². The summed E-state index contributed by atoms with van der Waals surface area (Å²) in [6.07, 6.45) is 0.611. The van der Waals surface area contributed by atoms with Crippen molar-refractivity contribution in [1.82, 2.24) is 4.72 Å². The van der Waals surface area contributed by atoms with Gasteiger partial charge in [0.15, 0.2) is 0 Å². The normalized spacial score (nSPS) is 10.6. The molecular formula is C19H24N2O5S. The summed E-state index contributed by atoms with van der Waals surface area (Å²) >= 11 is 0. The zero-order chi connectivity index (χ0) is 19.2. The lowest BCUT2D eigenvalue weighted by atomic mass is 10.1. The predicted molar refractivity (Wildman–Crippen MR) is 104 cm³/mol. The Morgan fingerprint density at radius 3 is 2.26 bits per heavy atom. The van der Waals surface area contributed by atoms with Gasteiger partial charge in [-0.15, -0.1) is 0 Å². The van der Waals surface area contributed by atoms with Crippen LogP contribution in [0.4, 0.5) is 5.69 Å². The maximum absolute atomic E-state index is 12.4. The van der Waals surface area contributed by atoms with Crippen molar-refractivity contribution in [3.8, 4) is 0 Å². The van der Waals surface area contributed by atoms with Gasteiger partial charge in [-0.05, 0) is 42.3 Å². The highest BCUT2D eigenvalue weighted by Gasteiger charge is 2.20. The highest BCUT2D eigenvalue weighted by molar-refractivity contribution is 7.90. The van der Waals surface area contributed by atoms with Crippen molar-refractivity contribution in [2.24, 2.45) is 0 Å². The van der Waals surface area contributed by atoms with Crippen molar-refractivity contribution >= 4 is 27.5 Å². The van der Waals surface area contributed by atoms with Crippen LogP contribution in [-0.4, -0.2) is 33.9 Å². The van der Waals surface area contributed by atoms with E-state index in [1.165, 1.54) is 31.4 Å². The van der Waals surface area contributed by atoms with Crippen molar-refractivity contribution in [3.63, 3.8) is 0 Å². The topological polar surface area (TPSA) is 102 Å². The van der Waals surface area contributed by atoms with Crippen LogP contribution in [0, 0.1) is 0 Å². The van der Waals surface area contributed by atoms with Gasteiger partial charge in [-0.1, -0.05) is 32.5 Å². The Morgan fingerprint density at radius 2 is 1.67 bits per heavy atom. The fraction of sp³-hybridized carbons (Fsp3) is 0.263. The molecule has 146 valence electrons. The van der Waals surface area contributed by atoms with Crippen LogP contribution in [-0.2, 0) is 26.0 Å². The molecule has 0 saturated heterocycles. The Kier molecular flexibility index (Phi) is 8.14. The number of rotatable bonds is 7. The number of hydrogen-bond donors (Lipinski definition) is 2. The summed E-state index contributed by atoms with van der Waals surface area (Å²) in [5, 5.41) is 2.56. The monoisotopic (exact) mass is 392 g/mol. The lowest BCUT2D eigenvalue weighted by Gasteiger charge is -2.10. The number of hydrogen-bond acceptors (Lipinski definition) is 5. The van der Waals surface area contributed by atoms with Gasteiger partial charge in [0.1, 0.15) is 6.61 Å². The van der Waals surface area contributed by atoms with Gasteiger partial charge in [-0.3, -0.25) is 9.59 Å². The Labute approximate surface area is 159 Å². The number of aryl methyl sites for hydroxylation is 1. The summed E-state index contributed by atoms with van der Waals surface area (Å²) in [4.78, 5) is 23.7. The molecule has 2 aromatic carbocycles. The molecule has 0 spiro atoms. The average molecular weight is 392 g/mol. The molecule has 0 aromatic heterocycles. The Balaban J connectivity index is 0.00000364. The Bertz CT molecular complexity index is 893. The van der Waals surface area contributed by atoms with Crippen LogP contribution in [0.2, 0.25) is 0 Å². The number of carbonyl (C=O) groups is 2. The van der Waals surface area contributed by atoms with E-state index in [1.54, 1.807) is 24.3 Å². The van der Waals surface area contributed by atoms with Crippen LogP contribution in [0.1, 0.15) is 30.3 Å². The first kappa shape index (κ1) is 22.3. The summed E-state index contributed by atoms with van der Waals surface area (Å²) in [5.41, 5.74) is 1.51. The molecule has 0 radical (unpaired) electrons. The van der Waals surface area contributed by atoms with E-state index in [9.17, 15) is 18.0 Å². The third kappa shape index (κ3) is 5.90. The SMILES string of the molecule is C.CCc1ccccc1C(=O)NS(=O)(=O)c1ccc(NC(=O)COC)cc1. The van der Waals surface area contributed by atoms with E-state index in [1.807, 2.05) is 6.92 Å². The number of sulfonamides is 1. The number of nitrogens with one attached hydrogen (secondary N) is 2. The smallest absolute Gasteiger partial charge is 0.265 e. The van der Waals surface area contributed by atoms with E-state index in [0.29, 0.717) is 17.7 Å². The second kappa shape index (κ2) is 9.84. The second-order valence-electron chi connectivity index (χ2n) is 5.45. The maximum Gasteiger partial charge on any atom is 0.265 e. The minimum Gasteiger partial charge on any atom is -0.375 e. The number of amides is 2. The second-order valence-corrected chi connectivity index (χ2v) is 7.13. The highest BCUT2D eigenvalue weighted by Crippen LogP contribution is 2.16. The summed E-state index contributed by atoms with van der Waals surface area (Å²) in [6, 6.07) is 12.3. The third-order valence-corrected chi connectivity index (χ3v) is 4.94. The fourth-order valence-electron chi connectivity index (χ4n) is 2.33. The van der Waals surface area contributed by atoms with E-state index >= 15 is 0 Å². The molecule has 0 unspecified atom stereocenters. The van der Waals surface area contributed by atoms with Crippen molar-refractivity contribution < 1.29 is 22.7 Å². The molecule has 8 heteroatoms. The van der Waals surface area contributed by atoms with Gasteiger partial charge in [0.2, 0.25) is 5.91 Å². The predicted octanol–water partition coefficient (Wildman–Crippen LogP) is 2.59. The molecule has 0 aliphatic rings. The van der Waals surface area contributed by atoms with E-state index < -0.39 is 15.9 Å². The number of ether oxygens (including phenoxy) is 1. The lowest BCUT2D eigenvalue weighted by molar-refractivity contribution is -0.119. The van der Waals surface area contributed by atoms with Crippen LogP contribution >= 0.6 is 0 Å². The van der Waals surface area contributed by atoms with E-state index in [0.717, 1.165) is 5.56 Å². The molecule has 0 heterocycles. The molecule has 2 N–H and O–H groups in total. The molecular weight excluding hydrogens is 368 g/mol. The third-order valence-electron chi connectivity index (χ3n) is 3.59. The quantitative estimate of drug-likeness (QED) is 0.754. The average Bonchev–Trinajstić information content (AvgIpc) is 2.62. The van der Waals surface area contributed by atoms with Crippen LogP contribution in [0.5, 0.6) is 0 Å². The first-order valence-electron chi connectivity index (χ1n) is 7.91. The van der Waals surface area contributed by atoms with Crippen LogP contribution in [0.25, 0.3) is 0 Å². The maximum atomic E-state index is 12.4. The molecule has 2 aromatic rings. The fourth-order valence-corrected chi connectivity index (χ4v) is 3.30. The molecule has 7 nitrogen and oxygen atoms in total. The first-order chi connectivity index (χ1) is 12.4. The minimum absolute atomic E-state index is 0. The standard InChI is InChI=1S/C18H20N2O5S.CH4/c1-3-13-6-4-5-7-16(13)18(22)20-26(23,24)15-10-8-14(9-11-15)19-17(21)12-25-2;/h4-11H,3,12H2,1-2H3,(H,19,21)(H,20,22);1H4. The largest absolute Gasteiger partial charge is 0.375 e. The van der Waals surface area contributed by atoms with E-state index in [4.69, 9.17) is 4.74 Å². The number of methoxy groups -OCH3 is 1. The molecule has 2 amide bonds. The zero-order valence-electron chi connectivity index (χ0n) is 14.5. The Morgan fingerprint density at radius 1 is 1.04 bits per heavy atom. The highest BCUT2D eigenvalue weighted by atomic mass is 32.2. The molecule has 27 heavy (non-hydrogen) atoms. The minimum atomic E-state index is -4.03. The van der Waals surface area contributed by atoms with Crippen molar-refractivity contribution in [1.29, 1.82) is 0 Å². The van der Waals surface area contributed by atoms with E-state index in [2.05, 4.69) is 10.0 Å². The number of benzene rings is 2. The van der Waals surface area contributed by atoms with Crippen LogP contribution in [0.15, 0.2) is 53.4 Å². The molecule has 2 rings (SSSR count). The van der Waals surface area contributed by atoms with Crippen molar-refractivity contribution in [2.75, 3.05) is 19.0 Å². The van der Waals surface area contributed by atoms with Crippen molar-refractivity contribution in [2.45, 2.75) is 25.7 Å². The summed E-state index contributed by atoms with van der Waals surface area (Å²) < 4.78 is 31.6. The lowest BCUT2D eigenvalue weighted by Crippen LogP contribution is -2.31. The molecule has 0 bridgehead atoms. The molecule has 0 saturated carbocycles. The van der Waals surface area contributed by atoms with Gasteiger partial charge in [0, 0.05) is 18.4 Å².